The van der Waals surface area contributed by atoms with E-state index in [1.165, 1.54) is 0 Å². The number of thiocarbonyl (C=S) groups is 1. The molecule has 0 aliphatic heterocycles. The van der Waals surface area contributed by atoms with E-state index in [1.807, 2.05) is 0 Å². The van der Waals surface area contributed by atoms with Crippen LogP contribution in [0.25, 0.3) is 0 Å². The Hall–Kier alpha value is -1.13. The van der Waals surface area contributed by atoms with Crippen molar-refractivity contribution < 1.29 is 4.79 Å². The van der Waals surface area contributed by atoms with Crippen LogP contribution in [-0.2, 0) is 0 Å². The Bertz CT molecular complexity index is 368. The van der Waals surface area contributed by atoms with Crippen molar-refractivity contribution in [2.24, 2.45) is 0 Å². The van der Waals surface area contributed by atoms with Crippen LogP contribution in [0.1, 0.15) is 10.4 Å². The molecular formula is C9H9ClN2OS. The number of carbonyl (C=O) groups excluding carboxylic acids is 1. The largest absolute Gasteiger partial charge is 0.365 e. The topological polar surface area (TPSA) is 41.1 Å². The van der Waals surface area contributed by atoms with E-state index in [0.29, 0.717) is 10.6 Å². The summed E-state index contributed by atoms with van der Waals surface area (Å²) < 4.78 is 0. The minimum atomic E-state index is -0.271. The molecule has 2 N–H and O–H groups in total. The van der Waals surface area contributed by atoms with Crippen molar-refractivity contribution >= 4 is 34.8 Å². The number of amides is 1. The van der Waals surface area contributed by atoms with E-state index in [4.69, 9.17) is 23.8 Å². The zero-order valence-electron chi connectivity index (χ0n) is 7.50. The van der Waals surface area contributed by atoms with E-state index in [2.05, 4.69) is 10.6 Å². The Morgan fingerprint density at radius 2 is 2.21 bits per heavy atom. The van der Waals surface area contributed by atoms with Gasteiger partial charge in [0, 0.05) is 17.6 Å². The number of carbonyl (C=O) groups is 1. The average molecular weight is 229 g/mol. The van der Waals surface area contributed by atoms with Crippen LogP contribution in [0.5, 0.6) is 0 Å². The van der Waals surface area contributed by atoms with Gasteiger partial charge in [-0.1, -0.05) is 17.7 Å². The smallest absolute Gasteiger partial charge is 0.257 e. The fourth-order valence-corrected chi connectivity index (χ4v) is 1.15. The molecule has 0 atom stereocenters. The second-order valence-corrected chi connectivity index (χ2v) is 3.39. The molecule has 0 aliphatic rings. The Kier molecular flexibility index (Phi) is 3.85. The summed E-state index contributed by atoms with van der Waals surface area (Å²) in [6, 6.07) is 6.66. The van der Waals surface area contributed by atoms with Gasteiger partial charge in [-0.3, -0.25) is 10.1 Å². The minimum Gasteiger partial charge on any atom is -0.365 e. The van der Waals surface area contributed by atoms with Crippen LogP contribution in [0.15, 0.2) is 24.3 Å². The van der Waals surface area contributed by atoms with Crippen molar-refractivity contribution in [3.63, 3.8) is 0 Å². The molecule has 5 heteroatoms. The van der Waals surface area contributed by atoms with Gasteiger partial charge in [0.05, 0.1) is 0 Å². The molecule has 0 unspecified atom stereocenters. The lowest BCUT2D eigenvalue weighted by molar-refractivity contribution is 0.0977. The third-order valence-corrected chi connectivity index (χ3v) is 2.08. The van der Waals surface area contributed by atoms with Crippen LogP contribution in [0.2, 0.25) is 5.02 Å². The molecule has 0 spiro atoms. The Labute approximate surface area is 92.4 Å². The highest BCUT2D eigenvalue weighted by Gasteiger charge is 2.06. The number of nitrogens with one attached hydrogen (secondary N) is 2. The number of benzene rings is 1. The minimum absolute atomic E-state index is 0.271. The molecule has 0 aliphatic carbocycles. The summed E-state index contributed by atoms with van der Waals surface area (Å²) in [7, 11) is 1.64. The molecular weight excluding hydrogens is 220 g/mol. The molecule has 0 aromatic heterocycles. The zero-order valence-corrected chi connectivity index (χ0v) is 9.08. The number of rotatable bonds is 1. The summed E-state index contributed by atoms with van der Waals surface area (Å²) in [4.78, 5) is 11.5. The first-order chi connectivity index (χ1) is 6.63. The van der Waals surface area contributed by atoms with Crippen molar-refractivity contribution in [2.45, 2.75) is 0 Å². The molecule has 1 amide bonds. The first-order valence-electron chi connectivity index (χ1n) is 3.92. The van der Waals surface area contributed by atoms with Crippen molar-refractivity contribution in [2.75, 3.05) is 7.05 Å². The molecule has 74 valence electrons. The standard InChI is InChI=1S/C9H9ClN2OS/c1-11-9(14)12-8(13)6-3-2-4-7(10)5-6/h2-5H,1H3,(H2,11,12,13,14). The summed E-state index contributed by atoms with van der Waals surface area (Å²) in [5, 5.41) is 5.95. The maximum Gasteiger partial charge on any atom is 0.257 e. The molecule has 0 saturated carbocycles. The number of hydrogen-bond acceptors (Lipinski definition) is 2. The van der Waals surface area contributed by atoms with E-state index in [-0.39, 0.29) is 11.0 Å². The molecule has 1 aromatic rings. The van der Waals surface area contributed by atoms with Crippen LogP contribution in [-0.4, -0.2) is 18.1 Å². The molecule has 1 aromatic carbocycles. The SMILES string of the molecule is CNC(=S)NC(=O)c1cccc(Cl)c1. The molecule has 0 heterocycles. The van der Waals surface area contributed by atoms with E-state index in [0.717, 1.165) is 0 Å². The van der Waals surface area contributed by atoms with Gasteiger partial charge < -0.3 is 5.32 Å². The Morgan fingerprint density at radius 1 is 1.50 bits per heavy atom. The van der Waals surface area contributed by atoms with E-state index < -0.39 is 0 Å². The maximum atomic E-state index is 11.5. The lowest BCUT2D eigenvalue weighted by atomic mass is 10.2. The highest BCUT2D eigenvalue weighted by Crippen LogP contribution is 2.10. The predicted molar refractivity (Wildman–Crippen MR) is 60.6 cm³/mol. The van der Waals surface area contributed by atoms with Crippen LogP contribution >= 0.6 is 23.8 Å². The molecule has 3 nitrogen and oxygen atoms in total. The summed E-state index contributed by atoms with van der Waals surface area (Å²) in [6.07, 6.45) is 0. The molecule has 0 saturated heterocycles. The first-order valence-corrected chi connectivity index (χ1v) is 4.70. The van der Waals surface area contributed by atoms with E-state index in [9.17, 15) is 4.79 Å². The average Bonchev–Trinajstić information content (AvgIpc) is 2.17. The fraction of sp³-hybridized carbons (Fsp3) is 0.111. The highest BCUT2D eigenvalue weighted by molar-refractivity contribution is 7.80. The van der Waals surface area contributed by atoms with Crippen molar-refractivity contribution in [3.8, 4) is 0 Å². The summed E-state index contributed by atoms with van der Waals surface area (Å²) in [6.45, 7) is 0. The van der Waals surface area contributed by atoms with Gasteiger partial charge in [0.1, 0.15) is 0 Å². The van der Waals surface area contributed by atoms with E-state index in [1.54, 1.807) is 31.3 Å². The quantitative estimate of drug-likeness (QED) is 0.717. The Balaban J connectivity index is 2.75. The monoisotopic (exact) mass is 228 g/mol. The van der Waals surface area contributed by atoms with Gasteiger partial charge in [0.25, 0.3) is 5.91 Å². The lowest BCUT2D eigenvalue weighted by Crippen LogP contribution is -2.37. The third kappa shape index (κ3) is 2.97. The van der Waals surface area contributed by atoms with Gasteiger partial charge in [-0.15, -0.1) is 0 Å². The number of hydrogen-bond donors (Lipinski definition) is 2. The van der Waals surface area contributed by atoms with Crippen molar-refractivity contribution in [1.82, 2.24) is 10.6 Å². The number of halogens is 1. The highest BCUT2D eigenvalue weighted by atomic mass is 35.5. The van der Waals surface area contributed by atoms with Gasteiger partial charge in [0.15, 0.2) is 5.11 Å². The maximum absolute atomic E-state index is 11.5. The van der Waals surface area contributed by atoms with Gasteiger partial charge in [-0.25, -0.2) is 0 Å². The molecule has 14 heavy (non-hydrogen) atoms. The second-order valence-electron chi connectivity index (χ2n) is 2.54. The van der Waals surface area contributed by atoms with Gasteiger partial charge in [0.2, 0.25) is 0 Å². The predicted octanol–water partition coefficient (Wildman–Crippen LogP) is 1.57. The van der Waals surface area contributed by atoms with Crippen LogP contribution in [0.3, 0.4) is 0 Å². The van der Waals surface area contributed by atoms with Gasteiger partial charge in [-0.05, 0) is 30.4 Å². The Morgan fingerprint density at radius 3 is 2.79 bits per heavy atom. The normalized spacial score (nSPS) is 9.29. The third-order valence-electron chi connectivity index (χ3n) is 1.54. The first kappa shape index (κ1) is 10.9. The molecule has 0 radical (unpaired) electrons. The summed E-state index contributed by atoms with van der Waals surface area (Å²) >= 11 is 10.5. The van der Waals surface area contributed by atoms with Gasteiger partial charge >= 0.3 is 0 Å². The second kappa shape index (κ2) is 4.93. The van der Waals surface area contributed by atoms with Crippen molar-refractivity contribution in [3.05, 3.63) is 34.9 Å². The summed E-state index contributed by atoms with van der Waals surface area (Å²) in [5.41, 5.74) is 0.482. The zero-order chi connectivity index (χ0) is 10.6. The lowest BCUT2D eigenvalue weighted by Gasteiger charge is -2.05. The van der Waals surface area contributed by atoms with Crippen molar-refractivity contribution in [1.29, 1.82) is 0 Å². The molecule has 0 fully saturated rings. The molecule has 1 rings (SSSR count). The van der Waals surface area contributed by atoms with Crippen LogP contribution in [0, 0.1) is 0 Å². The fourth-order valence-electron chi connectivity index (χ4n) is 0.868. The van der Waals surface area contributed by atoms with Crippen LogP contribution in [0.4, 0.5) is 0 Å². The van der Waals surface area contributed by atoms with E-state index >= 15 is 0 Å². The molecule has 0 bridgehead atoms. The summed E-state index contributed by atoms with van der Waals surface area (Å²) in [5.74, 6) is -0.271. The van der Waals surface area contributed by atoms with Gasteiger partial charge in [-0.2, -0.15) is 0 Å². The van der Waals surface area contributed by atoms with Crippen LogP contribution < -0.4 is 10.6 Å².